The molecule has 1 aromatic rings. The average Bonchev–Trinajstić information content (AvgIpc) is 2.39. The van der Waals surface area contributed by atoms with E-state index in [0.717, 1.165) is 31.9 Å². The van der Waals surface area contributed by atoms with Gasteiger partial charge in [0.1, 0.15) is 5.60 Å². The minimum Gasteiger partial charge on any atom is -0.462 e. The molecule has 0 aliphatic carbocycles. The van der Waals surface area contributed by atoms with Gasteiger partial charge in [-0.3, -0.25) is 4.79 Å². The highest BCUT2D eigenvalue weighted by Crippen LogP contribution is 2.22. The van der Waals surface area contributed by atoms with Gasteiger partial charge < -0.3 is 20.7 Å². The Morgan fingerprint density at radius 1 is 1.29 bits per heavy atom. The summed E-state index contributed by atoms with van der Waals surface area (Å²) in [5.74, 6) is 0. The van der Waals surface area contributed by atoms with Gasteiger partial charge in [0.15, 0.2) is 0 Å². The first-order valence-corrected chi connectivity index (χ1v) is 7.27. The highest BCUT2D eigenvalue weighted by molar-refractivity contribution is 5.59. The molecule has 1 aliphatic rings. The zero-order valence-corrected chi connectivity index (χ0v) is 13.5. The van der Waals surface area contributed by atoms with Gasteiger partial charge >= 0.3 is 0 Å². The minimum absolute atomic E-state index is 0.318. The van der Waals surface area contributed by atoms with E-state index in [1.165, 1.54) is 11.3 Å². The van der Waals surface area contributed by atoms with Crippen LogP contribution in [0.4, 0.5) is 11.4 Å². The predicted octanol–water partition coefficient (Wildman–Crippen LogP) is 1.94. The number of nitrogens with zero attached hydrogens (tertiary/aromatic N) is 1. The number of nitrogens with two attached hydrogens (primary N) is 1. The van der Waals surface area contributed by atoms with Gasteiger partial charge in [-0.15, -0.1) is 0 Å². The smallest absolute Gasteiger partial charge is 0.293 e. The maximum absolute atomic E-state index is 9.60. The number of carbonyl (C=O) groups excluding carboxylic acids is 1. The molecule has 118 valence electrons. The summed E-state index contributed by atoms with van der Waals surface area (Å²) in [5, 5.41) is 3.35. The largest absolute Gasteiger partial charge is 0.462 e. The number of nitrogens with one attached hydrogen (secondary N) is 1. The summed E-state index contributed by atoms with van der Waals surface area (Å²) in [6.45, 7) is 12.4. The van der Waals surface area contributed by atoms with Gasteiger partial charge in [-0.1, -0.05) is 0 Å². The van der Waals surface area contributed by atoms with Crippen LogP contribution in [0.5, 0.6) is 0 Å². The Bertz CT molecular complexity index is 449. The van der Waals surface area contributed by atoms with Crippen LogP contribution in [0.3, 0.4) is 0 Å². The third kappa shape index (κ3) is 6.49. The van der Waals surface area contributed by atoms with Crippen molar-refractivity contribution in [3.63, 3.8) is 0 Å². The zero-order chi connectivity index (χ0) is 15.9. The maximum atomic E-state index is 9.60. The summed E-state index contributed by atoms with van der Waals surface area (Å²) < 4.78 is 4.55. The number of hydrogen-bond acceptors (Lipinski definition) is 5. The molecule has 1 aliphatic heterocycles. The number of aryl methyl sites for hydroxylation is 1. The van der Waals surface area contributed by atoms with Crippen LogP contribution in [-0.2, 0) is 9.53 Å². The summed E-state index contributed by atoms with van der Waals surface area (Å²) in [7, 11) is 0. The monoisotopic (exact) mass is 293 g/mol. The molecule has 0 amide bonds. The van der Waals surface area contributed by atoms with E-state index in [9.17, 15) is 4.79 Å². The normalized spacial score (nSPS) is 15.0. The van der Waals surface area contributed by atoms with Crippen LogP contribution < -0.4 is 16.0 Å². The van der Waals surface area contributed by atoms with E-state index < -0.39 is 0 Å². The van der Waals surface area contributed by atoms with Crippen molar-refractivity contribution >= 4 is 17.8 Å². The molecule has 1 fully saturated rings. The fraction of sp³-hybridized carbons (Fsp3) is 0.562. The molecule has 0 bridgehead atoms. The van der Waals surface area contributed by atoms with Crippen LogP contribution >= 0.6 is 0 Å². The Hall–Kier alpha value is -1.75. The number of hydrogen-bond donors (Lipinski definition) is 2. The summed E-state index contributed by atoms with van der Waals surface area (Å²) in [6, 6.07) is 6.14. The Morgan fingerprint density at radius 3 is 2.33 bits per heavy atom. The SMILES string of the molecule is CC(C)(C)OC=O.Cc1cc(N)ccc1N1CCNCC1. The van der Waals surface area contributed by atoms with Crippen molar-refractivity contribution in [3.8, 4) is 0 Å². The van der Waals surface area contributed by atoms with Gasteiger partial charge in [0.05, 0.1) is 0 Å². The van der Waals surface area contributed by atoms with E-state index >= 15 is 0 Å². The van der Waals surface area contributed by atoms with Gasteiger partial charge in [0.25, 0.3) is 6.47 Å². The lowest BCUT2D eigenvalue weighted by Crippen LogP contribution is -2.43. The molecule has 2 rings (SSSR count). The Kier molecular flexibility index (Phi) is 6.49. The first-order valence-electron chi connectivity index (χ1n) is 7.27. The highest BCUT2D eigenvalue weighted by Gasteiger charge is 2.11. The van der Waals surface area contributed by atoms with Crippen LogP contribution in [0.1, 0.15) is 26.3 Å². The minimum atomic E-state index is -0.318. The van der Waals surface area contributed by atoms with Crippen LogP contribution in [0.2, 0.25) is 0 Å². The molecule has 0 unspecified atom stereocenters. The molecule has 3 N–H and O–H groups in total. The van der Waals surface area contributed by atoms with Gasteiger partial charge in [-0.2, -0.15) is 0 Å². The molecule has 0 aromatic heterocycles. The van der Waals surface area contributed by atoms with Crippen molar-refractivity contribution in [1.29, 1.82) is 0 Å². The second-order valence-corrected chi connectivity index (χ2v) is 6.11. The molecule has 1 aromatic carbocycles. The van der Waals surface area contributed by atoms with Crippen LogP contribution in [0.15, 0.2) is 18.2 Å². The molecule has 1 saturated heterocycles. The van der Waals surface area contributed by atoms with Crippen molar-refractivity contribution in [1.82, 2.24) is 5.32 Å². The molecule has 0 saturated carbocycles. The number of piperazine rings is 1. The quantitative estimate of drug-likeness (QED) is 0.644. The molecule has 1 heterocycles. The molecule has 5 nitrogen and oxygen atoms in total. The number of ether oxygens (including phenoxy) is 1. The Morgan fingerprint density at radius 2 is 1.90 bits per heavy atom. The van der Waals surface area contributed by atoms with E-state index in [4.69, 9.17) is 5.73 Å². The van der Waals surface area contributed by atoms with Crippen molar-refractivity contribution in [2.24, 2.45) is 0 Å². The molecule has 0 spiro atoms. The van der Waals surface area contributed by atoms with E-state index in [0.29, 0.717) is 6.47 Å². The first kappa shape index (κ1) is 17.3. The number of rotatable bonds is 2. The van der Waals surface area contributed by atoms with Gasteiger partial charge in [-0.05, 0) is 51.5 Å². The van der Waals surface area contributed by atoms with Crippen molar-refractivity contribution < 1.29 is 9.53 Å². The topological polar surface area (TPSA) is 67.6 Å². The average molecular weight is 293 g/mol. The first-order chi connectivity index (χ1) is 9.83. The van der Waals surface area contributed by atoms with Crippen molar-refractivity contribution in [3.05, 3.63) is 23.8 Å². The third-order valence-corrected chi connectivity index (χ3v) is 3.08. The standard InChI is InChI=1S/C11H17N3.C5H10O2/c1-9-8-10(12)2-3-11(9)14-6-4-13-5-7-14;1-5(2,3)7-4-6/h2-3,8,13H,4-7,12H2,1H3;4H,1-3H3. The fourth-order valence-corrected chi connectivity index (χ4v) is 2.08. The van der Waals surface area contributed by atoms with E-state index in [1.807, 2.05) is 32.9 Å². The number of carbonyl (C=O) groups is 1. The van der Waals surface area contributed by atoms with Crippen molar-refractivity contribution in [2.45, 2.75) is 33.3 Å². The van der Waals surface area contributed by atoms with E-state index in [2.05, 4.69) is 27.9 Å². The van der Waals surface area contributed by atoms with Crippen LogP contribution in [-0.4, -0.2) is 38.3 Å². The summed E-state index contributed by atoms with van der Waals surface area (Å²) in [5.41, 5.74) is 8.85. The summed E-state index contributed by atoms with van der Waals surface area (Å²) in [4.78, 5) is 12.0. The maximum Gasteiger partial charge on any atom is 0.293 e. The number of nitrogen functional groups attached to an aromatic ring is 1. The second kappa shape index (κ2) is 7.88. The summed E-state index contributed by atoms with van der Waals surface area (Å²) in [6.07, 6.45) is 0. The second-order valence-electron chi connectivity index (χ2n) is 6.11. The van der Waals surface area contributed by atoms with Gasteiger partial charge in [-0.25, -0.2) is 0 Å². The van der Waals surface area contributed by atoms with Crippen LogP contribution in [0.25, 0.3) is 0 Å². The summed E-state index contributed by atoms with van der Waals surface area (Å²) >= 11 is 0. The lowest BCUT2D eigenvalue weighted by molar-refractivity contribution is -0.138. The lowest BCUT2D eigenvalue weighted by Gasteiger charge is -2.30. The highest BCUT2D eigenvalue weighted by atomic mass is 16.5. The number of anilines is 2. The molecule has 5 heteroatoms. The number of benzene rings is 1. The molecule has 0 atom stereocenters. The molecular weight excluding hydrogens is 266 g/mol. The third-order valence-electron chi connectivity index (χ3n) is 3.08. The molecular formula is C16H27N3O2. The van der Waals surface area contributed by atoms with E-state index in [-0.39, 0.29) is 5.60 Å². The fourth-order valence-electron chi connectivity index (χ4n) is 2.08. The van der Waals surface area contributed by atoms with Crippen LogP contribution in [0, 0.1) is 6.92 Å². The van der Waals surface area contributed by atoms with Crippen molar-refractivity contribution in [2.75, 3.05) is 36.8 Å². The Balaban J connectivity index is 0.000000270. The van der Waals surface area contributed by atoms with E-state index in [1.54, 1.807) is 0 Å². The Labute approximate surface area is 127 Å². The lowest BCUT2D eigenvalue weighted by atomic mass is 10.1. The zero-order valence-electron chi connectivity index (χ0n) is 13.5. The van der Waals surface area contributed by atoms with Gasteiger partial charge in [0.2, 0.25) is 0 Å². The molecule has 0 radical (unpaired) electrons. The predicted molar refractivity (Wildman–Crippen MR) is 87.6 cm³/mol. The molecule has 21 heavy (non-hydrogen) atoms. The van der Waals surface area contributed by atoms with Gasteiger partial charge in [0, 0.05) is 37.6 Å².